The Labute approximate surface area is 125 Å². The van der Waals surface area contributed by atoms with E-state index < -0.39 is 5.41 Å². The lowest BCUT2D eigenvalue weighted by molar-refractivity contribution is -0.130. The number of hydrogen-bond donors (Lipinski definition) is 0. The molecule has 0 bridgehead atoms. The maximum Gasteiger partial charge on any atom is 0.159 e. The van der Waals surface area contributed by atoms with Gasteiger partial charge < -0.3 is 0 Å². The average molecular weight is 290 g/mol. The molecular weight excluding hydrogens is 268 g/mol. The van der Waals surface area contributed by atoms with Gasteiger partial charge in [0.1, 0.15) is 5.41 Å². The minimum Gasteiger partial charge on any atom is -0.297 e. The number of ketones is 1. The van der Waals surface area contributed by atoms with Crippen molar-refractivity contribution in [1.82, 2.24) is 4.98 Å². The molecule has 1 heterocycles. The van der Waals surface area contributed by atoms with Crippen molar-refractivity contribution in [2.24, 2.45) is 10.8 Å². The fourth-order valence-corrected chi connectivity index (χ4v) is 3.84. The van der Waals surface area contributed by atoms with E-state index in [2.05, 4.69) is 31.8 Å². The number of thiazole rings is 1. The van der Waals surface area contributed by atoms with Crippen molar-refractivity contribution in [3.8, 4) is 6.07 Å². The molecule has 1 unspecified atom stereocenters. The topological polar surface area (TPSA) is 53.8 Å². The molecule has 0 N–H and O–H groups in total. The standard InChI is InChI=1S/C16H22N2OS/c1-14(2,3)11-9-20-12(18-11)8-16(10-17)7-6-15(4,5)13(16)19/h9H,6-8H2,1-5H3. The summed E-state index contributed by atoms with van der Waals surface area (Å²) >= 11 is 1.56. The lowest BCUT2D eigenvalue weighted by Gasteiger charge is -2.21. The highest BCUT2D eigenvalue weighted by Crippen LogP contribution is 2.47. The molecule has 0 amide bonds. The van der Waals surface area contributed by atoms with Gasteiger partial charge in [-0.2, -0.15) is 5.26 Å². The molecule has 108 valence electrons. The minimum absolute atomic E-state index is 0.00745. The highest BCUT2D eigenvalue weighted by Gasteiger charge is 2.52. The molecule has 1 aliphatic carbocycles. The number of rotatable bonds is 2. The van der Waals surface area contributed by atoms with Gasteiger partial charge in [-0.15, -0.1) is 11.3 Å². The predicted octanol–water partition coefficient (Wildman–Crippen LogP) is 3.88. The van der Waals surface area contributed by atoms with Gasteiger partial charge in [0, 0.05) is 22.6 Å². The first-order valence-corrected chi connectivity index (χ1v) is 7.90. The maximum atomic E-state index is 12.5. The SMILES string of the molecule is CC1(C)CCC(C#N)(Cc2nc(C(C)(C)C)cs2)C1=O. The summed E-state index contributed by atoms with van der Waals surface area (Å²) in [7, 11) is 0. The summed E-state index contributed by atoms with van der Waals surface area (Å²) in [5, 5.41) is 12.5. The van der Waals surface area contributed by atoms with Crippen molar-refractivity contribution in [3.63, 3.8) is 0 Å². The van der Waals surface area contributed by atoms with Crippen molar-refractivity contribution >= 4 is 17.1 Å². The Morgan fingerprint density at radius 1 is 1.40 bits per heavy atom. The summed E-state index contributed by atoms with van der Waals surface area (Å²) in [5.41, 5.74) is -0.195. The van der Waals surface area contributed by atoms with E-state index >= 15 is 0 Å². The molecule has 1 aromatic rings. The van der Waals surface area contributed by atoms with E-state index in [0.717, 1.165) is 17.1 Å². The largest absolute Gasteiger partial charge is 0.297 e. The zero-order chi connectivity index (χ0) is 15.2. The molecule has 2 rings (SSSR count). The van der Waals surface area contributed by atoms with Crippen LogP contribution in [0, 0.1) is 22.2 Å². The van der Waals surface area contributed by atoms with Crippen LogP contribution in [0.25, 0.3) is 0 Å². The highest BCUT2D eigenvalue weighted by atomic mass is 32.1. The van der Waals surface area contributed by atoms with Gasteiger partial charge in [0.15, 0.2) is 5.78 Å². The van der Waals surface area contributed by atoms with Crippen molar-refractivity contribution < 1.29 is 4.79 Å². The van der Waals surface area contributed by atoms with E-state index in [1.807, 2.05) is 19.2 Å². The van der Waals surface area contributed by atoms with Gasteiger partial charge in [-0.1, -0.05) is 34.6 Å². The van der Waals surface area contributed by atoms with Gasteiger partial charge in [0.25, 0.3) is 0 Å². The fraction of sp³-hybridized carbons (Fsp3) is 0.688. The quantitative estimate of drug-likeness (QED) is 0.830. The van der Waals surface area contributed by atoms with Gasteiger partial charge in [0.2, 0.25) is 0 Å². The number of carbonyl (C=O) groups is 1. The van der Waals surface area contributed by atoms with E-state index in [1.54, 1.807) is 11.3 Å². The first-order chi connectivity index (χ1) is 9.11. The zero-order valence-electron chi connectivity index (χ0n) is 12.9. The monoisotopic (exact) mass is 290 g/mol. The van der Waals surface area contributed by atoms with Gasteiger partial charge in [-0.25, -0.2) is 4.98 Å². The van der Waals surface area contributed by atoms with E-state index in [9.17, 15) is 10.1 Å². The molecule has 0 saturated heterocycles. The molecule has 1 fully saturated rings. The average Bonchev–Trinajstić information content (AvgIpc) is 2.89. The molecule has 0 radical (unpaired) electrons. The molecule has 20 heavy (non-hydrogen) atoms. The molecule has 3 nitrogen and oxygen atoms in total. The summed E-state index contributed by atoms with van der Waals surface area (Å²) in [4.78, 5) is 17.2. The number of aromatic nitrogens is 1. The Morgan fingerprint density at radius 2 is 2.05 bits per heavy atom. The number of nitrogens with zero attached hydrogens (tertiary/aromatic N) is 2. The minimum atomic E-state index is -0.865. The third-order valence-electron chi connectivity index (χ3n) is 4.21. The second-order valence-corrected chi connectivity index (χ2v) is 8.40. The van der Waals surface area contributed by atoms with Gasteiger partial charge >= 0.3 is 0 Å². The van der Waals surface area contributed by atoms with Crippen LogP contribution in [-0.2, 0) is 16.6 Å². The van der Waals surface area contributed by atoms with Crippen molar-refractivity contribution in [1.29, 1.82) is 5.26 Å². The normalized spacial score (nSPS) is 25.7. The third kappa shape index (κ3) is 2.52. The summed E-state index contributed by atoms with van der Waals surface area (Å²) in [5.74, 6) is 0.0833. The second kappa shape index (κ2) is 4.66. The molecule has 1 aromatic heterocycles. The molecule has 1 atom stereocenters. The Kier molecular flexibility index (Phi) is 3.54. The number of nitriles is 1. The van der Waals surface area contributed by atoms with Crippen molar-refractivity contribution in [2.75, 3.05) is 0 Å². The first-order valence-electron chi connectivity index (χ1n) is 7.02. The number of Topliss-reactive ketones (excluding diaryl/α,β-unsaturated/α-hetero) is 1. The van der Waals surface area contributed by atoms with Crippen LogP contribution in [0.5, 0.6) is 0 Å². The maximum absolute atomic E-state index is 12.5. The lowest BCUT2D eigenvalue weighted by atomic mass is 9.79. The lowest BCUT2D eigenvalue weighted by Crippen LogP contribution is -2.33. The Bertz CT molecular complexity index is 574. The van der Waals surface area contributed by atoms with Crippen LogP contribution < -0.4 is 0 Å². The van der Waals surface area contributed by atoms with Crippen LogP contribution in [0.2, 0.25) is 0 Å². The van der Waals surface area contributed by atoms with Crippen LogP contribution in [0.15, 0.2) is 5.38 Å². The molecule has 0 aromatic carbocycles. The first kappa shape index (κ1) is 15.2. The highest BCUT2D eigenvalue weighted by molar-refractivity contribution is 7.09. The Hall–Kier alpha value is -1.21. The van der Waals surface area contributed by atoms with Crippen LogP contribution in [0.3, 0.4) is 0 Å². The van der Waals surface area contributed by atoms with E-state index in [4.69, 9.17) is 0 Å². The van der Waals surface area contributed by atoms with Crippen LogP contribution in [-0.4, -0.2) is 10.8 Å². The Balaban J connectivity index is 2.27. The number of hydrogen-bond acceptors (Lipinski definition) is 4. The van der Waals surface area contributed by atoms with Gasteiger partial charge in [0.05, 0.1) is 16.8 Å². The number of carbonyl (C=O) groups excluding carboxylic acids is 1. The van der Waals surface area contributed by atoms with E-state index in [1.165, 1.54) is 0 Å². The third-order valence-corrected chi connectivity index (χ3v) is 5.06. The molecular formula is C16H22N2OS. The molecule has 0 spiro atoms. The van der Waals surface area contributed by atoms with Crippen molar-refractivity contribution in [2.45, 2.75) is 59.3 Å². The molecule has 4 heteroatoms. The summed E-state index contributed by atoms with van der Waals surface area (Å²) in [6.45, 7) is 10.2. The van der Waals surface area contributed by atoms with Crippen LogP contribution >= 0.6 is 11.3 Å². The Morgan fingerprint density at radius 3 is 2.45 bits per heavy atom. The second-order valence-electron chi connectivity index (χ2n) is 7.46. The molecule has 1 aliphatic rings. The van der Waals surface area contributed by atoms with Gasteiger partial charge in [-0.05, 0) is 12.8 Å². The fourth-order valence-electron chi connectivity index (χ4n) is 2.71. The smallest absolute Gasteiger partial charge is 0.159 e. The summed E-state index contributed by atoms with van der Waals surface area (Å²) < 4.78 is 0. The predicted molar refractivity (Wildman–Crippen MR) is 80.6 cm³/mol. The van der Waals surface area contributed by atoms with E-state index in [-0.39, 0.29) is 16.6 Å². The van der Waals surface area contributed by atoms with Crippen molar-refractivity contribution in [3.05, 3.63) is 16.1 Å². The van der Waals surface area contributed by atoms with Crippen LogP contribution in [0.1, 0.15) is 58.2 Å². The molecule has 0 aliphatic heterocycles. The van der Waals surface area contributed by atoms with E-state index in [0.29, 0.717) is 12.8 Å². The summed E-state index contributed by atoms with van der Waals surface area (Å²) in [6.07, 6.45) is 1.91. The van der Waals surface area contributed by atoms with Crippen LogP contribution in [0.4, 0.5) is 0 Å². The molecule has 1 saturated carbocycles. The van der Waals surface area contributed by atoms with Gasteiger partial charge in [-0.3, -0.25) is 4.79 Å². The summed E-state index contributed by atoms with van der Waals surface area (Å²) in [6, 6.07) is 2.30. The zero-order valence-corrected chi connectivity index (χ0v) is 13.7.